The zero-order valence-corrected chi connectivity index (χ0v) is 15.0. The lowest BCUT2D eigenvalue weighted by Crippen LogP contribution is -2.43. The monoisotopic (exact) mass is 353 g/mol. The third-order valence-electron chi connectivity index (χ3n) is 4.28. The SMILES string of the molecule is CCOc1ccc(NC(=O)NC2CCN(c3ccc(C)cc3)C2=O)cc1. The zero-order chi connectivity index (χ0) is 18.5. The van der Waals surface area contributed by atoms with Gasteiger partial charge in [0.15, 0.2) is 0 Å². The molecular formula is C20H23N3O3. The molecule has 0 saturated carbocycles. The Morgan fingerprint density at radius 3 is 2.50 bits per heavy atom. The Morgan fingerprint density at radius 1 is 1.15 bits per heavy atom. The average Bonchev–Trinajstić information content (AvgIpc) is 2.98. The van der Waals surface area contributed by atoms with Crippen LogP contribution in [0.5, 0.6) is 5.75 Å². The Bertz CT molecular complexity index is 772. The summed E-state index contributed by atoms with van der Waals surface area (Å²) in [5.41, 5.74) is 2.65. The third kappa shape index (κ3) is 4.14. The Labute approximate surface area is 153 Å². The van der Waals surface area contributed by atoms with E-state index in [9.17, 15) is 9.59 Å². The predicted octanol–water partition coefficient (Wildman–Crippen LogP) is 3.32. The molecule has 3 rings (SSSR count). The van der Waals surface area contributed by atoms with Gasteiger partial charge in [-0.1, -0.05) is 17.7 Å². The molecule has 0 bridgehead atoms. The number of aryl methyl sites for hydroxylation is 1. The van der Waals surface area contributed by atoms with Gasteiger partial charge in [0.2, 0.25) is 5.91 Å². The van der Waals surface area contributed by atoms with E-state index in [1.165, 1.54) is 0 Å². The number of urea groups is 1. The standard InChI is InChI=1S/C20H23N3O3/c1-3-26-17-10-6-15(7-11-17)21-20(25)22-18-12-13-23(19(18)24)16-8-4-14(2)5-9-16/h4-11,18H,3,12-13H2,1-2H3,(H2,21,22,25). The molecule has 1 saturated heterocycles. The molecule has 26 heavy (non-hydrogen) atoms. The van der Waals surface area contributed by atoms with E-state index in [4.69, 9.17) is 4.74 Å². The topological polar surface area (TPSA) is 70.7 Å². The summed E-state index contributed by atoms with van der Waals surface area (Å²) < 4.78 is 5.37. The smallest absolute Gasteiger partial charge is 0.319 e. The summed E-state index contributed by atoms with van der Waals surface area (Å²) in [6.45, 7) is 5.10. The fraction of sp³-hybridized carbons (Fsp3) is 0.300. The number of nitrogens with zero attached hydrogens (tertiary/aromatic N) is 1. The molecule has 1 fully saturated rings. The second kappa shape index (κ2) is 7.91. The normalized spacial score (nSPS) is 16.5. The van der Waals surface area contributed by atoms with Gasteiger partial charge in [-0.3, -0.25) is 4.79 Å². The summed E-state index contributed by atoms with van der Waals surface area (Å²) in [6.07, 6.45) is 0.587. The second-order valence-electron chi connectivity index (χ2n) is 6.22. The number of benzene rings is 2. The van der Waals surface area contributed by atoms with Crippen LogP contribution in [0.15, 0.2) is 48.5 Å². The van der Waals surface area contributed by atoms with Crippen LogP contribution in [0.4, 0.5) is 16.2 Å². The summed E-state index contributed by atoms with van der Waals surface area (Å²) in [6, 6.07) is 14.0. The van der Waals surface area contributed by atoms with Gasteiger partial charge in [-0.2, -0.15) is 0 Å². The van der Waals surface area contributed by atoms with Gasteiger partial charge in [0.1, 0.15) is 11.8 Å². The molecule has 0 aliphatic carbocycles. The highest BCUT2D eigenvalue weighted by Crippen LogP contribution is 2.22. The van der Waals surface area contributed by atoms with Gasteiger partial charge < -0.3 is 20.3 Å². The van der Waals surface area contributed by atoms with Crippen LogP contribution in [0.2, 0.25) is 0 Å². The largest absolute Gasteiger partial charge is 0.494 e. The molecule has 1 atom stereocenters. The molecule has 3 amide bonds. The van der Waals surface area contributed by atoms with Gasteiger partial charge in [-0.15, -0.1) is 0 Å². The summed E-state index contributed by atoms with van der Waals surface area (Å²) >= 11 is 0. The summed E-state index contributed by atoms with van der Waals surface area (Å²) in [5, 5.41) is 5.50. The molecular weight excluding hydrogens is 330 g/mol. The Balaban J connectivity index is 1.56. The molecule has 136 valence electrons. The number of hydrogen-bond donors (Lipinski definition) is 2. The molecule has 2 aromatic carbocycles. The number of carbonyl (C=O) groups is 2. The molecule has 6 heteroatoms. The van der Waals surface area contributed by atoms with Crippen LogP contribution in [0.1, 0.15) is 18.9 Å². The van der Waals surface area contributed by atoms with Crippen LogP contribution in [0.25, 0.3) is 0 Å². The molecule has 2 aromatic rings. The lowest BCUT2D eigenvalue weighted by molar-refractivity contribution is -0.118. The van der Waals surface area contributed by atoms with E-state index >= 15 is 0 Å². The first-order valence-corrected chi connectivity index (χ1v) is 8.75. The lowest BCUT2D eigenvalue weighted by atomic mass is 10.2. The minimum atomic E-state index is -0.515. The van der Waals surface area contributed by atoms with Crippen molar-refractivity contribution in [3.8, 4) is 5.75 Å². The highest BCUT2D eigenvalue weighted by atomic mass is 16.5. The highest BCUT2D eigenvalue weighted by Gasteiger charge is 2.33. The van der Waals surface area contributed by atoms with Gasteiger partial charge >= 0.3 is 6.03 Å². The fourth-order valence-corrected chi connectivity index (χ4v) is 2.92. The van der Waals surface area contributed by atoms with Crippen LogP contribution in [0.3, 0.4) is 0 Å². The number of hydrogen-bond acceptors (Lipinski definition) is 3. The number of rotatable bonds is 5. The Kier molecular flexibility index (Phi) is 5.41. The van der Waals surface area contributed by atoms with E-state index in [1.807, 2.05) is 38.1 Å². The van der Waals surface area contributed by atoms with Crippen molar-refractivity contribution in [3.63, 3.8) is 0 Å². The number of carbonyl (C=O) groups excluding carboxylic acids is 2. The van der Waals surface area contributed by atoms with Crippen LogP contribution < -0.4 is 20.3 Å². The maximum Gasteiger partial charge on any atom is 0.319 e. The van der Waals surface area contributed by atoms with Crippen molar-refractivity contribution in [2.24, 2.45) is 0 Å². The van der Waals surface area contributed by atoms with E-state index in [1.54, 1.807) is 29.2 Å². The van der Waals surface area contributed by atoms with Crippen LogP contribution in [0, 0.1) is 6.92 Å². The van der Waals surface area contributed by atoms with Gasteiger partial charge in [0.25, 0.3) is 0 Å². The van der Waals surface area contributed by atoms with Crippen molar-refractivity contribution in [2.75, 3.05) is 23.4 Å². The van der Waals surface area contributed by atoms with E-state index in [0.717, 1.165) is 17.0 Å². The molecule has 0 aromatic heterocycles. The minimum Gasteiger partial charge on any atom is -0.494 e. The molecule has 1 unspecified atom stereocenters. The Hall–Kier alpha value is -3.02. The molecule has 1 heterocycles. The quantitative estimate of drug-likeness (QED) is 0.866. The predicted molar refractivity (Wildman–Crippen MR) is 102 cm³/mol. The molecule has 0 radical (unpaired) electrons. The zero-order valence-electron chi connectivity index (χ0n) is 15.0. The van der Waals surface area contributed by atoms with Gasteiger partial charge in [0.05, 0.1) is 6.61 Å². The van der Waals surface area contributed by atoms with Crippen molar-refractivity contribution < 1.29 is 14.3 Å². The third-order valence-corrected chi connectivity index (χ3v) is 4.28. The van der Waals surface area contributed by atoms with Crippen LogP contribution >= 0.6 is 0 Å². The minimum absolute atomic E-state index is 0.0873. The first-order valence-electron chi connectivity index (χ1n) is 8.75. The van der Waals surface area contributed by atoms with Crippen LogP contribution in [-0.4, -0.2) is 31.1 Å². The molecule has 1 aliphatic rings. The summed E-state index contributed by atoms with van der Waals surface area (Å²) in [7, 11) is 0. The average molecular weight is 353 g/mol. The van der Waals surface area contributed by atoms with E-state index < -0.39 is 12.1 Å². The summed E-state index contributed by atoms with van der Waals surface area (Å²) in [5.74, 6) is 0.661. The van der Waals surface area contributed by atoms with Crippen molar-refractivity contribution in [1.29, 1.82) is 0 Å². The molecule has 2 N–H and O–H groups in total. The molecule has 0 spiro atoms. The van der Waals surface area contributed by atoms with Crippen molar-refractivity contribution in [1.82, 2.24) is 5.32 Å². The van der Waals surface area contributed by atoms with Crippen LogP contribution in [-0.2, 0) is 4.79 Å². The number of anilines is 2. The fourth-order valence-electron chi connectivity index (χ4n) is 2.92. The van der Waals surface area contributed by atoms with Crippen molar-refractivity contribution >= 4 is 23.3 Å². The van der Waals surface area contributed by atoms with E-state index in [2.05, 4.69) is 10.6 Å². The maximum absolute atomic E-state index is 12.6. The molecule has 6 nitrogen and oxygen atoms in total. The molecule has 1 aliphatic heterocycles. The van der Waals surface area contributed by atoms with E-state index in [-0.39, 0.29) is 5.91 Å². The van der Waals surface area contributed by atoms with Crippen molar-refractivity contribution in [3.05, 3.63) is 54.1 Å². The number of amides is 3. The van der Waals surface area contributed by atoms with Gasteiger partial charge in [0, 0.05) is 17.9 Å². The van der Waals surface area contributed by atoms with E-state index in [0.29, 0.717) is 25.3 Å². The van der Waals surface area contributed by atoms with Gasteiger partial charge in [-0.05, 0) is 56.7 Å². The first kappa shape index (κ1) is 17.8. The van der Waals surface area contributed by atoms with Gasteiger partial charge in [-0.25, -0.2) is 4.79 Å². The Morgan fingerprint density at radius 2 is 1.85 bits per heavy atom. The second-order valence-corrected chi connectivity index (χ2v) is 6.22. The first-order chi connectivity index (χ1) is 12.6. The summed E-state index contributed by atoms with van der Waals surface area (Å²) in [4.78, 5) is 26.5. The number of ether oxygens (including phenoxy) is 1. The van der Waals surface area contributed by atoms with Crippen molar-refractivity contribution in [2.45, 2.75) is 26.3 Å². The maximum atomic E-state index is 12.6. The lowest BCUT2D eigenvalue weighted by Gasteiger charge is -2.17. The number of nitrogens with one attached hydrogen (secondary N) is 2. The highest BCUT2D eigenvalue weighted by molar-refractivity contribution is 6.02.